The van der Waals surface area contributed by atoms with Crippen LogP contribution in [0.1, 0.15) is 37.6 Å². The summed E-state index contributed by atoms with van der Waals surface area (Å²) in [6.07, 6.45) is 1.74. The van der Waals surface area contributed by atoms with Crippen LogP contribution in [0.3, 0.4) is 0 Å². The van der Waals surface area contributed by atoms with Gasteiger partial charge in [0.05, 0.1) is 19.0 Å². The molecule has 2 aliphatic heterocycles. The van der Waals surface area contributed by atoms with Crippen LogP contribution in [0.15, 0.2) is 46.2 Å². The molecule has 38 heavy (non-hydrogen) atoms. The number of amides is 2. The first-order chi connectivity index (χ1) is 18.0. The van der Waals surface area contributed by atoms with Gasteiger partial charge in [-0.2, -0.15) is 0 Å². The number of ether oxygens (including phenoxy) is 2. The molecule has 4 rings (SSSR count). The fourth-order valence-corrected chi connectivity index (χ4v) is 4.02. The van der Waals surface area contributed by atoms with Gasteiger partial charge < -0.3 is 35.1 Å². The van der Waals surface area contributed by atoms with Crippen molar-refractivity contribution >= 4 is 29.8 Å². The van der Waals surface area contributed by atoms with Gasteiger partial charge in [0.2, 0.25) is 11.8 Å². The highest BCUT2D eigenvalue weighted by Crippen LogP contribution is 2.26. The third-order valence-corrected chi connectivity index (χ3v) is 6.08. The summed E-state index contributed by atoms with van der Waals surface area (Å²) < 4.78 is 11.2. The third kappa shape index (κ3) is 7.49. The van der Waals surface area contributed by atoms with Crippen molar-refractivity contribution < 1.29 is 29.0 Å². The number of carboxylic acid groups (broad SMARTS) is 1. The maximum Gasteiger partial charge on any atom is 0.341 e. The molecular weight excluding hydrogens is 494 g/mol. The Bertz CT molecular complexity index is 1230. The number of aromatic nitrogens is 1. The number of carbonyl (C=O) groups excluding carboxylic acids is 2. The van der Waals surface area contributed by atoms with Crippen molar-refractivity contribution in [1.82, 2.24) is 15.2 Å². The second-order valence-corrected chi connectivity index (χ2v) is 9.24. The average molecular weight is 528 g/mol. The molecule has 12 nitrogen and oxygen atoms in total. The van der Waals surface area contributed by atoms with Gasteiger partial charge in [-0.05, 0) is 43.7 Å². The van der Waals surface area contributed by atoms with Crippen molar-refractivity contribution in [2.75, 3.05) is 32.1 Å². The summed E-state index contributed by atoms with van der Waals surface area (Å²) in [5.41, 5.74) is 0.561. The molecule has 1 saturated heterocycles. The molecule has 0 radical (unpaired) electrons. The zero-order valence-electron chi connectivity index (χ0n) is 21.8. The fraction of sp³-hybridized carbons (Fsp3) is 0.423. The number of nitrogens with zero attached hydrogens (tertiary/aromatic N) is 2. The van der Waals surface area contributed by atoms with Crippen LogP contribution in [0.25, 0.3) is 11.3 Å². The van der Waals surface area contributed by atoms with Gasteiger partial charge in [0, 0.05) is 44.9 Å². The molecule has 0 saturated carbocycles. The van der Waals surface area contributed by atoms with Crippen LogP contribution in [-0.2, 0) is 19.1 Å². The SMILES string of the molecule is C1=NCCN1.COC(C)(C)OC1C[C@@H](C(=O)Nc2ccc(-c3ccc(C(=O)O)c(=O)[nH]3)cc2)N(C(C)=O)C1. The Morgan fingerprint density at radius 2 is 1.87 bits per heavy atom. The highest BCUT2D eigenvalue weighted by molar-refractivity contribution is 5.97. The Hall–Kier alpha value is -4.03. The summed E-state index contributed by atoms with van der Waals surface area (Å²) in [5.74, 6) is -2.69. The molecule has 2 amide bonds. The summed E-state index contributed by atoms with van der Waals surface area (Å²) in [7, 11) is 1.53. The van der Waals surface area contributed by atoms with E-state index >= 15 is 0 Å². The molecule has 2 aliphatic rings. The van der Waals surface area contributed by atoms with Gasteiger partial charge in [-0.15, -0.1) is 0 Å². The van der Waals surface area contributed by atoms with Gasteiger partial charge >= 0.3 is 5.97 Å². The number of benzene rings is 1. The summed E-state index contributed by atoms with van der Waals surface area (Å²) in [4.78, 5) is 55.7. The predicted molar refractivity (Wildman–Crippen MR) is 141 cm³/mol. The number of hydrogen-bond acceptors (Lipinski definition) is 8. The minimum Gasteiger partial charge on any atom is -0.477 e. The molecule has 1 fully saturated rings. The topological polar surface area (TPSA) is 162 Å². The van der Waals surface area contributed by atoms with Gasteiger partial charge in [-0.3, -0.25) is 19.4 Å². The second-order valence-electron chi connectivity index (χ2n) is 9.24. The van der Waals surface area contributed by atoms with Crippen LogP contribution < -0.4 is 16.2 Å². The van der Waals surface area contributed by atoms with Crippen molar-refractivity contribution in [1.29, 1.82) is 0 Å². The maximum absolute atomic E-state index is 12.9. The Morgan fingerprint density at radius 1 is 1.16 bits per heavy atom. The minimum absolute atomic E-state index is 0.222. The predicted octanol–water partition coefficient (Wildman–Crippen LogP) is 1.68. The Morgan fingerprint density at radius 3 is 2.37 bits per heavy atom. The maximum atomic E-state index is 12.9. The van der Waals surface area contributed by atoms with E-state index < -0.39 is 23.4 Å². The highest BCUT2D eigenvalue weighted by atomic mass is 16.7. The van der Waals surface area contributed by atoms with Gasteiger partial charge in [-0.1, -0.05) is 12.1 Å². The summed E-state index contributed by atoms with van der Waals surface area (Å²) >= 11 is 0. The molecule has 0 aliphatic carbocycles. The number of aromatic amines is 1. The molecule has 1 aromatic heterocycles. The van der Waals surface area contributed by atoms with E-state index in [4.69, 9.17) is 14.6 Å². The summed E-state index contributed by atoms with van der Waals surface area (Å²) in [6.45, 7) is 7.22. The van der Waals surface area contributed by atoms with Gasteiger partial charge in [-0.25, -0.2) is 4.79 Å². The Kier molecular flexibility index (Phi) is 9.37. The second kappa shape index (κ2) is 12.5. The number of carbonyl (C=O) groups is 3. The van der Waals surface area contributed by atoms with Crippen molar-refractivity contribution in [3.8, 4) is 11.3 Å². The molecule has 2 aromatic rings. The number of anilines is 1. The van der Waals surface area contributed by atoms with E-state index in [1.807, 2.05) is 0 Å². The Labute approximate surface area is 220 Å². The smallest absolute Gasteiger partial charge is 0.341 e. The first-order valence-corrected chi connectivity index (χ1v) is 12.1. The first kappa shape index (κ1) is 28.5. The normalized spacial score (nSPS) is 18.4. The molecule has 1 aromatic carbocycles. The number of hydrogen-bond donors (Lipinski definition) is 4. The average Bonchev–Trinajstić information content (AvgIpc) is 3.58. The van der Waals surface area contributed by atoms with Crippen LogP contribution in [0.5, 0.6) is 0 Å². The van der Waals surface area contributed by atoms with E-state index in [9.17, 15) is 19.2 Å². The lowest BCUT2D eigenvalue weighted by Gasteiger charge is -2.27. The van der Waals surface area contributed by atoms with E-state index in [0.717, 1.165) is 13.1 Å². The van der Waals surface area contributed by atoms with Crippen molar-refractivity contribution in [3.05, 3.63) is 52.3 Å². The highest BCUT2D eigenvalue weighted by Gasteiger charge is 2.41. The standard InChI is InChI=1S/C23H27N3O7.C3H6N2/c1-13(27)26-12-16(33-23(2,3)32-4)11-19(26)21(29)24-15-7-5-14(6-8-15)18-10-9-17(22(30)31)20(28)25-18;1-2-5-3-4-1/h5-10,16,19H,11-12H2,1-4H3,(H,24,29)(H,25,28)(H,30,31);3H,1-2H2,(H,4,5)/t16?,19-;/m0./s1. The first-order valence-electron chi connectivity index (χ1n) is 12.1. The molecular formula is C26H33N5O7. The number of pyridine rings is 1. The third-order valence-electron chi connectivity index (χ3n) is 6.08. The van der Waals surface area contributed by atoms with E-state index in [0.29, 0.717) is 29.9 Å². The molecule has 3 heterocycles. The lowest BCUT2D eigenvalue weighted by molar-refractivity contribution is -0.220. The van der Waals surface area contributed by atoms with Crippen molar-refractivity contribution in [3.63, 3.8) is 0 Å². The molecule has 2 atom stereocenters. The molecule has 1 unspecified atom stereocenters. The number of carboxylic acids is 1. The number of rotatable bonds is 7. The number of likely N-dealkylation sites (tertiary alicyclic amines) is 1. The number of H-pyrrole nitrogens is 1. The van der Waals surface area contributed by atoms with E-state index in [-0.39, 0.29) is 23.5 Å². The zero-order chi connectivity index (χ0) is 27.9. The van der Waals surface area contributed by atoms with Crippen LogP contribution in [0.2, 0.25) is 0 Å². The molecule has 12 heteroatoms. The molecule has 0 bridgehead atoms. The minimum atomic E-state index is -1.30. The van der Waals surface area contributed by atoms with E-state index in [2.05, 4.69) is 20.6 Å². The number of methoxy groups -OCH3 is 1. The van der Waals surface area contributed by atoms with Gasteiger partial charge in [0.15, 0.2) is 5.79 Å². The van der Waals surface area contributed by atoms with E-state index in [1.54, 1.807) is 44.5 Å². The lowest BCUT2D eigenvalue weighted by atomic mass is 10.1. The molecule has 4 N–H and O–H groups in total. The Balaban J connectivity index is 0.000000715. The zero-order valence-corrected chi connectivity index (χ0v) is 21.8. The monoisotopic (exact) mass is 527 g/mol. The lowest BCUT2D eigenvalue weighted by Crippen LogP contribution is -2.42. The summed E-state index contributed by atoms with van der Waals surface area (Å²) in [5, 5.41) is 14.7. The largest absolute Gasteiger partial charge is 0.477 e. The van der Waals surface area contributed by atoms with E-state index in [1.165, 1.54) is 31.1 Å². The number of aliphatic imine (C=N–C) groups is 1. The summed E-state index contributed by atoms with van der Waals surface area (Å²) in [6, 6.07) is 8.75. The van der Waals surface area contributed by atoms with Crippen LogP contribution in [-0.4, -0.2) is 83.8 Å². The van der Waals surface area contributed by atoms with Crippen LogP contribution >= 0.6 is 0 Å². The van der Waals surface area contributed by atoms with Crippen LogP contribution in [0.4, 0.5) is 5.69 Å². The van der Waals surface area contributed by atoms with Gasteiger partial charge in [0.1, 0.15) is 11.6 Å². The van der Waals surface area contributed by atoms with Crippen LogP contribution in [0, 0.1) is 0 Å². The molecule has 0 spiro atoms. The molecule has 204 valence electrons. The fourth-order valence-electron chi connectivity index (χ4n) is 4.02. The van der Waals surface area contributed by atoms with Crippen molar-refractivity contribution in [2.24, 2.45) is 4.99 Å². The quantitative estimate of drug-likeness (QED) is 0.395. The number of nitrogens with one attached hydrogen (secondary N) is 3. The van der Waals surface area contributed by atoms with Crippen molar-refractivity contribution in [2.45, 2.75) is 45.1 Å². The number of aromatic carboxylic acids is 1. The van der Waals surface area contributed by atoms with Gasteiger partial charge in [0.25, 0.3) is 5.56 Å².